The second-order valence-electron chi connectivity index (χ2n) is 7.65. The van der Waals surface area contributed by atoms with Crippen LogP contribution in [0.4, 0.5) is 0 Å². The van der Waals surface area contributed by atoms with Gasteiger partial charge in [-0.2, -0.15) is 0 Å². The fourth-order valence-electron chi connectivity index (χ4n) is 3.89. The molecule has 8 heteroatoms. The maximum Gasteiger partial charge on any atom is 0.267 e. The van der Waals surface area contributed by atoms with E-state index in [1.54, 1.807) is 24.3 Å². The number of fused-ring (bicyclic) bond motifs is 2. The Morgan fingerprint density at radius 1 is 1.13 bits per heavy atom. The van der Waals surface area contributed by atoms with E-state index >= 15 is 0 Å². The number of para-hydroxylation sites is 1. The zero-order valence-corrected chi connectivity index (χ0v) is 18.7. The summed E-state index contributed by atoms with van der Waals surface area (Å²) in [6.45, 7) is 3.08. The van der Waals surface area contributed by atoms with Crippen molar-refractivity contribution in [1.29, 1.82) is 0 Å². The Balaban J connectivity index is 1.55. The summed E-state index contributed by atoms with van der Waals surface area (Å²) in [6, 6.07) is 14.8. The van der Waals surface area contributed by atoms with Gasteiger partial charge in [0.1, 0.15) is 5.69 Å². The molecule has 4 rings (SSSR count). The summed E-state index contributed by atoms with van der Waals surface area (Å²) in [5.74, 6) is -0.171. The highest BCUT2D eigenvalue weighted by molar-refractivity contribution is 7.89. The maximum atomic E-state index is 12.9. The Bertz CT molecular complexity index is 1370. The Morgan fingerprint density at radius 2 is 1.90 bits per heavy atom. The van der Waals surface area contributed by atoms with Crippen LogP contribution in [0.2, 0.25) is 0 Å². The topological polar surface area (TPSA) is 87.2 Å². The van der Waals surface area contributed by atoms with Crippen molar-refractivity contribution in [2.75, 3.05) is 20.6 Å². The number of aryl methyl sites for hydroxylation is 1. The van der Waals surface area contributed by atoms with Crippen LogP contribution in [-0.2, 0) is 23.0 Å². The molecule has 0 spiro atoms. The number of hydrogen-bond acceptors (Lipinski definition) is 3. The maximum absolute atomic E-state index is 12.9. The second kappa shape index (κ2) is 8.20. The number of nitrogens with zero attached hydrogens (tertiary/aromatic N) is 2. The van der Waals surface area contributed by atoms with Crippen LogP contribution >= 0.6 is 0 Å². The van der Waals surface area contributed by atoms with E-state index in [1.165, 1.54) is 18.4 Å². The Kier molecular flexibility index (Phi) is 5.60. The van der Waals surface area contributed by atoms with Crippen LogP contribution in [-0.4, -0.2) is 48.8 Å². The molecule has 0 bridgehead atoms. The summed E-state index contributed by atoms with van der Waals surface area (Å²) >= 11 is 0. The van der Waals surface area contributed by atoms with Crippen LogP contribution in [0.5, 0.6) is 0 Å². The number of hydrogen-bond donors (Lipinski definition) is 2. The molecule has 7 nitrogen and oxygen atoms in total. The van der Waals surface area contributed by atoms with Crippen molar-refractivity contribution in [2.24, 2.45) is 0 Å². The Labute approximate surface area is 181 Å². The summed E-state index contributed by atoms with van der Waals surface area (Å²) in [7, 11) is -0.529. The summed E-state index contributed by atoms with van der Waals surface area (Å²) in [5, 5.41) is 4.89. The number of rotatable bonds is 7. The second-order valence-corrected chi connectivity index (χ2v) is 9.80. The minimum absolute atomic E-state index is 0.171. The van der Waals surface area contributed by atoms with Crippen LogP contribution < -0.4 is 5.32 Å². The molecule has 0 aliphatic heterocycles. The van der Waals surface area contributed by atoms with Gasteiger partial charge in [-0.05, 0) is 49.2 Å². The van der Waals surface area contributed by atoms with Crippen LogP contribution in [0.1, 0.15) is 23.0 Å². The van der Waals surface area contributed by atoms with Gasteiger partial charge in [-0.3, -0.25) is 4.79 Å². The van der Waals surface area contributed by atoms with Crippen LogP contribution in [0.25, 0.3) is 21.8 Å². The van der Waals surface area contributed by atoms with E-state index in [0.717, 1.165) is 27.4 Å². The van der Waals surface area contributed by atoms with Crippen molar-refractivity contribution >= 4 is 37.7 Å². The summed E-state index contributed by atoms with van der Waals surface area (Å²) in [4.78, 5) is 16.4. The molecule has 2 aromatic heterocycles. The third-order valence-corrected chi connectivity index (χ3v) is 7.37. The SMILES string of the molecule is CCn1c(C(=O)NCCc2c[nH]c3ccccc23)cc2cc(S(=O)(=O)N(C)C)ccc21. The Hall–Kier alpha value is -3.10. The smallest absolute Gasteiger partial charge is 0.267 e. The van der Waals surface area contributed by atoms with Gasteiger partial charge in [-0.15, -0.1) is 0 Å². The van der Waals surface area contributed by atoms with Gasteiger partial charge in [-0.25, -0.2) is 12.7 Å². The van der Waals surface area contributed by atoms with Crippen molar-refractivity contribution in [3.05, 3.63) is 66.0 Å². The van der Waals surface area contributed by atoms with E-state index < -0.39 is 10.0 Å². The first-order valence-electron chi connectivity index (χ1n) is 10.2. The van der Waals surface area contributed by atoms with Gasteiger partial charge >= 0.3 is 0 Å². The first kappa shape index (κ1) is 21.1. The van der Waals surface area contributed by atoms with Crippen molar-refractivity contribution in [2.45, 2.75) is 24.8 Å². The number of carbonyl (C=O) groups excluding carboxylic acids is 1. The molecular formula is C23H26N4O3S. The molecule has 2 N–H and O–H groups in total. The minimum Gasteiger partial charge on any atom is -0.361 e. The largest absolute Gasteiger partial charge is 0.361 e. The molecule has 0 unspecified atom stereocenters. The number of aromatic nitrogens is 2. The van der Waals surface area contributed by atoms with Gasteiger partial charge in [-0.1, -0.05) is 18.2 Å². The number of carbonyl (C=O) groups is 1. The number of aromatic amines is 1. The van der Waals surface area contributed by atoms with Gasteiger partial charge in [0.05, 0.1) is 4.90 Å². The van der Waals surface area contributed by atoms with E-state index in [0.29, 0.717) is 25.2 Å². The fourth-order valence-corrected chi connectivity index (χ4v) is 4.83. The van der Waals surface area contributed by atoms with Crippen molar-refractivity contribution in [3.63, 3.8) is 0 Å². The van der Waals surface area contributed by atoms with Gasteiger partial charge in [0.25, 0.3) is 5.91 Å². The molecule has 0 fully saturated rings. The predicted molar refractivity (Wildman–Crippen MR) is 123 cm³/mol. The highest BCUT2D eigenvalue weighted by Gasteiger charge is 2.20. The van der Waals surface area contributed by atoms with Crippen LogP contribution in [0.3, 0.4) is 0 Å². The lowest BCUT2D eigenvalue weighted by atomic mass is 10.1. The average molecular weight is 439 g/mol. The van der Waals surface area contributed by atoms with Crippen LogP contribution in [0, 0.1) is 0 Å². The van der Waals surface area contributed by atoms with Crippen LogP contribution in [0.15, 0.2) is 59.6 Å². The lowest BCUT2D eigenvalue weighted by molar-refractivity contribution is 0.0945. The first-order chi connectivity index (χ1) is 14.8. The van der Waals surface area contributed by atoms with Crippen molar-refractivity contribution in [3.8, 4) is 0 Å². The fraction of sp³-hybridized carbons (Fsp3) is 0.261. The normalized spacial score (nSPS) is 12.1. The van der Waals surface area contributed by atoms with Gasteiger partial charge in [0.2, 0.25) is 10.0 Å². The molecule has 1 amide bonds. The number of benzene rings is 2. The van der Waals surface area contributed by atoms with E-state index in [2.05, 4.69) is 16.4 Å². The highest BCUT2D eigenvalue weighted by atomic mass is 32.2. The molecule has 4 aromatic rings. The van der Waals surface area contributed by atoms with E-state index in [9.17, 15) is 13.2 Å². The van der Waals surface area contributed by atoms with Crippen molar-refractivity contribution < 1.29 is 13.2 Å². The zero-order chi connectivity index (χ0) is 22.2. The van der Waals surface area contributed by atoms with Gasteiger partial charge in [0, 0.05) is 55.2 Å². The standard InChI is InChI=1S/C23H26N4O3S/c1-4-27-21-10-9-18(31(29,30)26(2)3)13-17(21)14-22(27)23(28)24-12-11-16-15-25-20-8-6-5-7-19(16)20/h5-10,13-15,25H,4,11-12H2,1-3H3,(H,24,28). The van der Waals surface area contributed by atoms with Gasteiger partial charge < -0.3 is 14.9 Å². The molecule has 0 saturated carbocycles. The molecule has 2 aromatic carbocycles. The molecule has 31 heavy (non-hydrogen) atoms. The van der Waals surface area contributed by atoms with E-state index in [-0.39, 0.29) is 10.8 Å². The summed E-state index contributed by atoms with van der Waals surface area (Å²) < 4.78 is 28.0. The molecule has 2 heterocycles. The molecule has 0 aliphatic carbocycles. The van der Waals surface area contributed by atoms with Crippen molar-refractivity contribution in [1.82, 2.24) is 19.2 Å². The van der Waals surface area contributed by atoms with E-state index in [1.807, 2.05) is 35.9 Å². The number of amides is 1. The average Bonchev–Trinajstić information content (AvgIpc) is 3.34. The number of sulfonamides is 1. The summed E-state index contributed by atoms with van der Waals surface area (Å²) in [6.07, 6.45) is 2.69. The molecule has 0 saturated heterocycles. The van der Waals surface area contributed by atoms with Gasteiger partial charge in [0.15, 0.2) is 0 Å². The number of nitrogens with one attached hydrogen (secondary N) is 2. The summed E-state index contributed by atoms with van der Waals surface area (Å²) in [5.41, 5.74) is 3.60. The minimum atomic E-state index is -3.54. The lowest BCUT2D eigenvalue weighted by Gasteiger charge is -2.12. The molecule has 0 aliphatic rings. The quantitative estimate of drug-likeness (QED) is 0.464. The zero-order valence-electron chi connectivity index (χ0n) is 17.8. The monoisotopic (exact) mass is 438 g/mol. The third-order valence-electron chi connectivity index (χ3n) is 5.56. The molecule has 0 atom stereocenters. The van der Waals surface area contributed by atoms with E-state index in [4.69, 9.17) is 0 Å². The molecule has 0 radical (unpaired) electrons. The third kappa shape index (κ3) is 3.84. The molecular weight excluding hydrogens is 412 g/mol. The Morgan fingerprint density at radius 3 is 2.65 bits per heavy atom. The number of H-pyrrole nitrogens is 1. The first-order valence-corrected chi connectivity index (χ1v) is 11.7. The lowest BCUT2D eigenvalue weighted by Crippen LogP contribution is -2.27. The molecule has 162 valence electrons. The predicted octanol–water partition coefficient (Wildman–Crippen LogP) is 3.37. The highest BCUT2D eigenvalue weighted by Crippen LogP contribution is 2.25.